The molecule has 2 heteroatoms. The van der Waals surface area contributed by atoms with Gasteiger partial charge in [-0.3, -0.25) is 0 Å². The molecule has 96 valence electrons. The van der Waals surface area contributed by atoms with Crippen LogP contribution in [0.15, 0.2) is 16.5 Å². The molecule has 0 aliphatic heterocycles. The van der Waals surface area contributed by atoms with Crippen LogP contribution in [-0.2, 0) is 13.0 Å². The summed E-state index contributed by atoms with van der Waals surface area (Å²) in [5, 5.41) is 3.63. The maximum absolute atomic E-state index is 5.70. The molecule has 2 nitrogen and oxygen atoms in total. The first-order valence-corrected chi connectivity index (χ1v) is 7.12. The molecule has 0 unspecified atom stereocenters. The molecule has 0 amide bonds. The minimum atomic E-state index is 0.702. The highest BCUT2D eigenvalue weighted by atomic mass is 16.3. The van der Waals surface area contributed by atoms with Crippen molar-refractivity contribution >= 4 is 0 Å². The molecule has 1 aromatic rings. The van der Waals surface area contributed by atoms with Gasteiger partial charge in [0.25, 0.3) is 0 Å². The van der Waals surface area contributed by atoms with Crippen molar-refractivity contribution < 1.29 is 4.42 Å². The SMILES string of the molecule is CCc1ccc(CNC2CCC(CC)CC2)o1. The quantitative estimate of drug-likeness (QED) is 0.837. The average molecular weight is 235 g/mol. The highest BCUT2D eigenvalue weighted by molar-refractivity contribution is 5.06. The van der Waals surface area contributed by atoms with Gasteiger partial charge < -0.3 is 9.73 Å². The Balaban J connectivity index is 1.72. The fourth-order valence-corrected chi connectivity index (χ4v) is 2.73. The zero-order valence-electron chi connectivity index (χ0n) is 11.2. The molecule has 0 atom stereocenters. The molecule has 1 saturated carbocycles. The van der Waals surface area contributed by atoms with Crippen LogP contribution in [0.3, 0.4) is 0 Å². The first-order chi connectivity index (χ1) is 8.31. The molecule has 0 spiro atoms. The number of hydrogen-bond donors (Lipinski definition) is 1. The predicted octanol–water partition coefficient (Wildman–Crippen LogP) is 3.90. The van der Waals surface area contributed by atoms with Crippen LogP contribution in [0.1, 0.15) is 57.5 Å². The summed E-state index contributed by atoms with van der Waals surface area (Å²) in [6.07, 6.45) is 7.80. The summed E-state index contributed by atoms with van der Waals surface area (Å²) in [6, 6.07) is 4.89. The van der Waals surface area contributed by atoms with Crippen molar-refractivity contribution in [3.63, 3.8) is 0 Å². The summed E-state index contributed by atoms with van der Waals surface area (Å²) < 4.78 is 5.70. The number of aryl methyl sites for hydroxylation is 1. The highest BCUT2D eigenvalue weighted by Crippen LogP contribution is 2.26. The zero-order chi connectivity index (χ0) is 12.1. The van der Waals surface area contributed by atoms with Gasteiger partial charge in [-0.2, -0.15) is 0 Å². The van der Waals surface area contributed by atoms with E-state index in [1.54, 1.807) is 0 Å². The van der Waals surface area contributed by atoms with Crippen LogP contribution in [-0.4, -0.2) is 6.04 Å². The summed E-state index contributed by atoms with van der Waals surface area (Å²) >= 11 is 0. The molecule has 0 aromatic carbocycles. The number of rotatable bonds is 5. The van der Waals surface area contributed by atoms with Crippen LogP contribution >= 0.6 is 0 Å². The first kappa shape index (κ1) is 12.7. The van der Waals surface area contributed by atoms with Crippen LogP contribution in [0.25, 0.3) is 0 Å². The van der Waals surface area contributed by atoms with E-state index in [1.807, 2.05) is 0 Å². The molecule has 1 aromatic heterocycles. The second-order valence-electron chi connectivity index (χ2n) is 5.23. The second kappa shape index (κ2) is 6.25. The predicted molar refractivity (Wildman–Crippen MR) is 71.0 cm³/mol. The monoisotopic (exact) mass is 235 g/mol. The van der Waals surface area contributed by atoms with Gasteiger partial charge in [0.1, 0.15) is 11.5 Å². The fourth-order valence-electron chi connectivity index (χ4n) is 2.73. The van der Waals surface area contributed by atoms with Gasteiger partial charge in [-0.1, -0.05) is 20.3 Å². The van der Waals surface area contributed by atoms with Crippen LogP contribution < -0.4 is 5.32 Å². The average Bonchev–Trinajstić information content (AvgIpc) is 2.85. The maximum atomic E-state index is 5.70. The van der Waals surface area contributed by atoms with E-state index in [9.17, 15) is 0 Å². The van der Waals surface area contributed by atoms with E-state index in [2.05, 4.69) is 31.3 Å². The molecule has 2 rings (SSSR count). The van der Waals surface area contributed by atoms with Crippen molar-refractivity contribution in [3.8, 4) is 0 Å². The summed E-state index contributed by atoms with van der Waals surface area (Å²) in [6.45, 7) is 5.33. The Hall–Kier alpha value is -0.760. The van der Waals surface area contributed by atoms with Gasteiger partial charge in [-0.25, -0.2) is 0 Å². The number of nitrogens with one attached hydrogen (secondary N) is 1. The third-order valence-corrected chi connectivity index (χ3v) is 4.05. The highest BCUT2D eigenvalue weighted by Gasteiger charge is 2.19. The normalized spacial score (nSPS) is 25.1. The van der Waals surface area contributed by atoms with E-state index in [-0.39, 0.29) is 0 Å². The Morgan fingerprint density at radius 1 is 1.12 bits per heavy atom. The van der Waals surface area contributed by atoms with Gasteiger partial charge in [-0.05, 0) is 43.7 Å². The number of hydrogen-bond acceptors (Lipinski definition) is 2. The molecular formula is C15H25NO. The Labute approximate surface area is 105 Å². The minimum Gasteiger partial charge on any atom is -0.465 e. The van der Waals surface area contributed by atoms with Gasteiger partial charge in [0.05, 0.1) is 6.54 Å². The van der Waals surface area contributed by atoms with Crippen molar-refractivity contribution in [1.29, 1.82) is 0 Å². The van der Waals surface area contributed by atoms with Gasteiger partial charge in [0.15, 0.2) is 0 Å². The molecular weight excluding hydrogens is 210 g/mol. The lowest BCUT2D eigenvalue weighted by atomic mass is 9.84. The molecule has 1 heterocycles. The Bertz CT molecular complexity index is 323. The molecule has 17 heavy (non-hydrogen) atoms. The van der Waals surface area contributed by atoms with Crippen LogP contribution in [0, 0.1) is 5.92 Å². The van der Waals surface area contributed by atoms with Crippen molar-refractivity contribution in [1.82, 2.24) is 5.32 Å². The van der Waals surface area contributed by atoms with Gasteiger partial charge >= 0.3 is 0 Å². The zero-order valence-corrected chi connectivity index (χ0v) is 11.2. The van der Waals surface area contributed by atoms with Gasteiger partial charge in [0.2, 0.25) is 0 Å². The maximum Gasteiger partial charge on any atom is 0.117 e. The van der Waals surface area contributed by atoms with Crippen molar-refractivity contribution in [2.24, 2.45) is 5.92 Å². The Kier molecular flexibility index (Phi) is 4.66. The van der Waals surface area contributed by atoms with E-state index in [0.717, 1.165) is 30.4 Å². The number of furan rings is 1. The van der Waals surface area contributed by atoms with E-state index < -0.39 is 0 Å². The minimum absolute atomic E-state index is 0.702. The summed E-state index contributed by atoms with van der Waals surface area (Å²) in [5.41, 5.74) is 0. The van der Waals surface area contributed by atoms with E-state index in [4.69, 9.17) is 4.42 Å². The third kappa shape index (κ3) is 3.60. The first-order valence-electron chi connectivity index (χ1n) is 7.12. The fraction of sp³-hybridized carbons (Fsp3) is 0.733. The Morgan fingerprint density at radius 2 is 1.82 bits per heavy atom. The van der Waals surface area contributed by atoms with Crippen LogP contribution in [0.5, 0.6) is 0 Å². The molecule has 1 N–H and O–H groups in total. The second-order valence-corrected chi connectivity index (χ2v) is 5.23. The lowest BCUT2D eigenvalue weighted by Crippen LogP contribution is -2.32. The summed E-state index contributed by atoms with van der Waals surface area (Å²) in [7, 11) is 0. The summed E-state index contributed by atoms with van der Waals surface area (Å²) in [5.74, 6) is 3.15. The lowest BCUT2D eigenvalue weighted by molar-refractivity contribution is 0.279. The molecule has 0 bridgehead atoms. The van der Waals surface area contributed by atoms with Crippen LogP contribution in [0.2, 0.25) is 0 Å². The standard InChI is InChI=1S/C15H25NO/c1-3-12-5-7-13(8-6-12)16-11-15-10-9-14(4-2)17-15/h9-10,12-13,16H,3-8,11H2,1-2H3. The molecule has 0 radical (unpaired) electrons. The lowest BCUT2D eigenvalue weighted by Gasteiger charge is -2.28. The molecule has 0 saturated heterocycles. The summed E-state index contributed by atoms with van der Waals surface area (Å²) in [4.78, 5) is 0. The van der Waals surface area contributed by atoms with Crippen molar-refractivity contribution in [2.75, 3.05) is 0 Å². The largest absolute Gasteiger partial charge is 0.465 e. The Morgan fingerprint density at radius 3 is 2.41 bits per heavy atom. The van der Waals surface area contributed by atoms with E-state index >= 15 is 0 Å². The van der Waals surface area contributed by atoms with Crippen molar-refractivity contribution in [3.05, 3.63) is 23.7 Å². The van der Waals surface area contributed by atoms with E-state index in [1.165, 1.54) is 32.1 Å². The topological polar surface area (TPSA) is 25.2 Å². The van der Waals surface area contributed by atoms with Gasteiger partial charge in [0, 0.05) is 12.5 Å². The van der Waals surface area contributed by atoms with Crippen LogP contribution in [0.4, 0.5) is 0 Å². The van der Waals surface area contributed by atoms with E-state index in [0.29, 0.717) is 6.04 Å². The van der Waals surface area contributed by atoms with Crippen molar-refractivity contribution in [2.45, 2.75) is 65.0 Å². The molecule has 1 fully saturated rings. The van der Waals surface area contributed by atoms with Gasteiger partial charge in [-0.15, -0.1) is 0 Å². The smallest absolute Gasteiger partial charge is 0.117 e. The third-order valence-electron chi connectivity index (χ3n) is 4.05. The molecule has 1 aliphatic rings. The molecule has 1 aliphatic carbocycles.